The molecule has 22 heavy (non-hydrogen) atoms. The third kappa shape index (κ3) is 4.50. The highest BCUT2D eigenvalue weighted by molar-refractivity contribution is 5.34. The molecule has 0 saturated carbocycles. The van der Waals surface area contributed by atoms with Crippen LogP contribution in [0.2, 0.25) is 0 Å². The third-order valence-corrected chi connectivity index (χ3v) is 3.62. The summed E-state index contributed by atoms with van der Waals surface area (Å²) in [6.07, 6.45) is 0.896. The van der Waals surface area contributed by atoms with Gasteiger partial charge in [-0.2, -0.15) is 0 Å². The Labute approximate surface area is 133 Å². The van der Waals surface area contributed by atoms with E-state index in [4.69, 9.17) is 15.2 Å². The van der Waals surface area contributed by atoms with Gasteiger partial charge in [0.25, 0.3) is 0 Å². The molecule has 2 aromatic carbocycles. The van der Waals surface area contributed by atoms with Crippen molar-refractivity contribution in [3.63, 3.8) is 0 Å². The second-order valence-electron chi connectivity index (χ2n) is 5.22. The zero-order chi connectivity index (χ0) is 15.8. The van der Waals surface area contributed by atoms with Crippen molar-refractivity contribution >= 4 is 0 Å². The molecule has 2 aromatic rings. The van der Waals surface area contributed by atoms with Crippen molar-refractivity contribution in [2.45, 2.75) is 26.2 Å². The van der Waals surface area contributed by atoms with Crippen LogP contribution in [0.15, 0.2) is 48.5 Å². The van der Waals surface area contributed by atoms with Gasteiger partial charge in [0.05, 0.1) is 13.2 Å². The van der Waals surface area contributed by atoms with Crippen LogP contribution in [0.3, 0.4) is 0 Å². The lowest BCUT2D eigenvalue weighted by Crippen LogP contribution is -2.15. The fraction of sp³-hybridized carbons (Fsp3) is 0.368. The van der Waals surface area contributed by atoms with Gasteiger partial charge >= 0.3 is 0 Å². The molecular formula is C19H25NO2. The second kappa shape index (κ2) is 8.44. The summed E-state index contributed by atoms with van der Waals surface area (Å²) in [5.74, 6) is 2.10. The molecule has 0 aliphatic rings. The van der Waals surface area contributed by atoms with E-state index in [1.165, 1.54) is 11.1 Å². The van der Waals surface area contributed by atoms with Gasteiger partial charge in [-0.05, 0) is 62.2 Å². The van der Waals surface area contributed by atoms with E-state index in [0.29, 0.717) is 19.8 Å². The fourth-order valence-corrected chi connectivity index (χ4v) is 2.58. The number of nitrogens with two attached hydrogens (primary N) is 1. The lowest BCUT2D eigenvalue weighted by atomic mass is 9.92. The molecule has 0 fully saturated rings. The van der Waals surface area contributed by atoms with Crippen molar-refractivity contribution in [1.82, 2.24) is 0 Å². The quantitative estimate of drug-likeness (QED) is 0.807. The number of ether oxygens (including phenoxy) is 2. The van der Waals surface area contributed by atoms with Gasteiger partial charge in [-0.1, -0.05) is 24.3 Å². The Morgan fingerprint density at radius 2 is 1.55 bits per heavy atom. The molecule has 0 aliphatic heterocycles. The molecule has 2 N–H and O–H groups in total. The highest BCUT2D eigenvalue weighted by Gasteiger charge is 2.12. The zero-order valence-corrected chi connectivity index (χ0v) is 13.4. The topological polar surface area (TPSA) is 44.5 Å². The SMILES string of the molecule is CCOc1cccc(CC(CN)c2cccc(OCC)c2)c1. The maximum Gasteiger partial charge on any atom is 0.119 e. The Hall–Kier alpha value is -2.00. The molecule has 0 saturated heterocycles. The molecule has 118 valence electrons. The lowest BCUT2D eigenvalue weighted by Gasteiger charge is -2.17. The van der Waals surface area contributed by atoms with Gasteiger partial charge in [-0.15, -0.1) is 0 Å². The summed E-state index contributed by atoms with van der Waals surface area (Å²) < 4.78 is 11.1. The number of benzene rings is 2. The Kier molecular flexibility index (Phi) is 6.28. The van der Waals surface area contributed by atoms with Crippen LogP contribution in [-0.4, -0.2) is 19.8 Å². The van der Waals surface area contributed by atoms with Crippen LogP contribution >= 0.6 is 0 Å². The summed E-state index contributed by atoms with van der Waals surface area (Å²) in [6, 6.07) is 16.5. The number of hydrogen-bond acceptors (Lipinski definition) is 3. The molecule has 3 nitrogen and oxygen atoms in total. The molecule has 0 aliphatic carbocycles. The first-order chi connectivity index (χ1) is 10.8. The summed E-state index contributed by atoms with van der Waals surface area (Å²) >= 11 is 0. The molecule has 2 rings (SSSR count). The largest absolute Gasteiger partial charge is 0.494 e. The lowest BCUT2D eigenvalue weighted by molar-refractivity contribution is 0.339. The van der Waals surface area contributed by atoms with Crippen LogP contribution in [-0.2, 0) is 6.42 Å². The molecule has 3 heteroatoms. The summed E-state index contributed by atoms with van der Waals surface area (Å²) in [5.41, 5.74) is 8.46. The monoisotopic (exact) mass is 299 g/mol. The molecule has 1 atom stereocenters. The van der Waals surface area contributed by atoms with Crippen molar-refractivity contribution in [3.8, 4) is 11.5 Å². The van der Waals surface area contributed by atoms with Gasteiger partial charge in [0.1, 0.15) is 11.5 Å². The van der Waals surface area contributed by atoms with E-state index in [1.54, 1.807) is 0 Å². The highest BCUT2D eigenvalue weighted by Crippen LogP contribution is 2.25. The van der Waals surface area contributed by atoms with Crippen LogP contribution in [0.4, 0.5) is 0 Å². The smallest absolute Gasteiger partial charge is 0.119 e. The van der Waals surface area contributed by atoms with Gasteiger partial charge in [-0.3, -0.25) is 0 Å². The van der Waals surface area contributed by atoms with E-state index >= 15 is 0 Å². The minimum atomic E-state index is 0.275. The van der Waals surface area contributed by atoms with E-state index in [9.17, 15) is 0 Å². The minimum absolute atomic E-state index is 0.275. The predicted octanol–water partition coefficient (Wildman–Crippen LogP) is 3.77. The van der Waals surface area contributed by atoms with Crippen LogP contribution in [0, 0.1) is 0 Å². The summed E-state index contributed by atoms with van der Waals surface area (Å²) in [7, 11) is 0. The highest BCUT2D eigenvalue weighted by atomic mass is 16.5. The van der Waals surface area contributed by atoms with Crippen molar-refractivity contribution in [3.05, 3.63) is 59.7 Å². The van der Waals surface area contributed by atoms with E-state index in [2.05, 4.69) is 24.3 Å². The third-order valence-electron chi connectivity index (χ3n) is 3.62. The second-order valence-corrected chi connectivity index (χ2v) is 5.22. The molecular weight excluding hydrogens is 274 g/mol. The molecule has 1 unspecified atom stereocenters. The van der Waals surface area contributed by atoms with Crippen molar-refractivity contribution in [2.75, 3.05) is 19.8 Å². The van der Waals surface area contributed by atoms with Crippen LogP contribution < -0.4 is 15.2 Å². The molecule has 0 heterocycles. The van der Waals surface area contributed by atoms with E-state index in [1.807, 2.05) is 38.1 Å². The first kappa shape index (κ1) is 16.4. The van der Waals surface area contributed by atoms with Crippen molar-refractivity contribution < 1.29 is 9.47 Å². The average Bonchev–Trinajstić information content (AvgIpc) is 2.54. The zero-order valence-electron chi connectivity index (χ0n) is 13.4. The number of hydrogen-bond donors (Lipinski definition) is 1. The van der Waals surface area contributed by atoms with Crippen LogP contribution in [0.5, 0.6) is 11.5 Å². The van der Waals surface area contributed by atoms with Gasteiger partial charge in [0, 0.05) is 5.92 Å². The molecule has 0 spiro atoms. The minimum Gasteiger partial charge on any atom is -0.494 e. The molecule has 0 amide bonds. The average molecular weight is 299 g/mol. The van der Waals surface area contributed by atoms with Crippen LogP contribution in [0.1, 0.15) is 30.9 Å². The van der Waals surface area contributed by atoms with Crippen molar-refractivity contribution in [2.24, 2.45) is 5.73 Å². The van der Waals surface area contributed by atoms with Gasteiger partial charge < -0.3 is 15.2 Å². The van der Waals surface area contributed by atoms with E-state index < -0.39 is 0 Å². The number of rotatable bonds is 8. The predicted molar refractivity (Wildman–Crippen MR) is 90.7 cm³/mol. The maximum absolute atomic E-state index is 6.00. The standard InChI is InChI=1S/C19H25NO2/c1-3-21-18-9-5-7-15(12-18)11-17(14-20)16-8-6-10-19(13-16)22-4-2/h5-10,12-13,17H,3-4,11,14,20H2,1-2H3. The van der Waals surface area contributed by atoms with Crippen molar-refractivity contribution in [1.29, 1.82) is 0 Å². The summed E-state index contributed by atoms with van der Waals surface area (Å²) in [6.45, 7) is 5.95. The van der Waals surface area contributed by atoms with Crippen LogP contribution in [0.25, 0.3) is 0 Å². The first-order valence-electron chi connectivity index (χ1n) is 7.91. The van der Waals surface area contributed by atoms with Gasteiger partial charge in [0.15, 0.2) is 0 Å². The first-order valence-corrected chi connectivity index (χ1v) is 7.91. The Morgan fingerprint density at radius 3 is 2.18 bits per heavy atom. The Balaban J connectivity index is 2.14. The van der Waals surface area contributed by atoms with Gasteiger partial charge in [-0.25, -0.2) is 0 Å². The Morgan fingerprint density at radius 1 is 0.909 bits per heavy atom. The fourth-order valence-electron chi connectivity index (χ4n) is 2.58. The van der Waals surface area contributed by atoms with E-state index in [0.717, 1.165) is 17.9 Å². The van der Waals surface area contributed by atoms with Gasteiger partial charge in [0.2, 0.25) is 0 Å². The normalized spacial score (nSPS) is 12.0. The maximum atomic E-state index is 6.00. The van der Waals surface area contributed by atoms with E-state index in [-0.39, 0.29) is 5.92 Å². The molecule has 0 aromatic heterocycles. The molecule has 0 radical (unpaired) electrons. The summed E-state index contributed by atoms with van der Waals surface area (Å²) in [5, 5.41) is 0. The molecule has 0 bridgehead atoms. The summed E-state index contributed by atoms with van der Waals surface area (Å²) in [4.78, 5) is 0. The Bertz CT molecular complexity index is 583.